The van der Waals surface area contributed by atoms with E-state index in [-0.39, 0.29) is 12.5 Å². The van der Waals surface area contributed by atoms with Gasteiger partial charge in [0.05, 0.1) is 13.2 Å². The summed E-state index contributed by atoms with van der Waals surface area (Å²) in [6, 6.07) is 13.3. The fraction of sp³-hybridized carbons (Fsp3) is 0.364. The predicted octanol–water partition coefficient (Wildman–Crippen LogP) is 3.90. The van der Waals surface area contributed by atoms with E-state index >= 15 is 0 Å². The molecule has 0 radical (unpaired) electrons. The lowest BCUT2D eigenvalue weighted by Gasteiger charge is -2.12. The number of benzene rings is 2. The van der Waals surface area contributed by atoms with Gasteiger partial charge in [0.25, 0.3) is 0 Å². The van der Waals surface area contributed by atoms with Crippen molar-refractivity contribution in [3.63, 3.8) is 0 Å². The molecule has 0 fully saturated rings. The molecule has 0 atom stereocenters. The second-order valence-electron chi connectivity index (χ2n) is 7.00. The van der Waals surface area contributed by atoms with E-state index in [2.05, 4.69) is 46.7 Å². The highest BCUT2D eigenvalue weighted by atomic mass is 16.5. The standard InChI is InChI=1S/C22H27N5O3/c1-5-29-19-12-11-18(13-20(19)30-6-2)23-21(28)14-27-25-22(24-26-27)17-9-7-16(8-10-17)15(3)4/h7-13,15H,5-6,14H2,1-4H3,(H,23,28). The summed E-state index contributed by atoms with van der Waals surface area (Å²) in [7, 11) is 0. The van der Waals surface area contributed by atoms with Crippen molar-refractivity contribution in [1.29, 1.82) is 0 Å². The van der Waals surface area contributed by atoms with E-state index in [4.69, 9.17) is 9.47 Å². The van der Waals surface area contributed by atoms with Gasteiger partial charge in [-0.1, -0.05) is 38.1 Å². The number of ether oxygens (including phenoxy) is 2. The molecule has 158 valence electrons. The Morgan fingerprint density at radius 2 is 1.73 bits per heavy atom. The summed E-state index contributed by atoms with van der Waals surface area (Å²) in [4.78, 5) is 13.7. The van der Waals surface area contributed by atoms with Crippen molar-refractivity contribution in [1.82, 2.24) is 20.2 Å². The molecule has 0 saturated carbocycles. The molecule has 0 aliphatic rings. The maximum absolute atomic E-state index is 12.4. The molecular formula is C22H27N5O3. The summed E-state index contributed by atoms with van der Waals surface area (Å²) in [5.41, 5.74) is 2.71. The van der Waals surface area contributed by atoms with Gasteiger partial charge in [-0.15, -0.1) is 10.2 Å². The molecule has 0 aliphatic carbocycles. The van der Waals surface area contributed by atoms with Crippen molar-refractivity contribution in [3.8, 4) is 22.9 Å². The average Bonchev–Trinajstić information content (AvgIpc) is 3.18. The maximum atomic E-state index is 12.4. The van der Waals surface area contributed by atoms with Gasteiger partial charge < -0.3 is 14.8 Å². The van der Waals surface area contributed by atoms with Crippen molar-refractivity contribution in [2.45, 2.75) is 40.2 Å². The fourth-order valence-electron chi connectivity index (χ4n) is 2.90. The molecule has 0 bridgehead atoms. The van der Waals surface area contributed by atoms with Crippen LogP contribution in [0.25, 0.3) is 11.4 Å². The monoisotopic (exact) mass is 409 g/mol. The van der Waals surface area contributed by atoms with Gasteiger partial charge in [0, 0.05) is 17.3 Å². The van der Waals surface area contributed by atoms with E-state index in [1.807, 2.05) is 26.0 Å². The van der Waals surface area contributed by atoms with Gasteiger partial charge in [-0.05, 0) is 42.7 Å². The number of amides is 1. The van der Waals surface area contributed by atoms with Gasteiger partial charge in [0.1, 0.15) is 6.54 Å². The third-order valence-corrected chi connectivity index (χ3v) is 4.40. The van der Waals surface area contributed by atoms with Crippen LogP contribution in [0.3, 0.4) is 0 Å². The molecule has 30 heavy (non-hydrogen) atoms. The number of nitrogens with zero attached hydrogens (tertiary/aromatic N) is 4. The number of carbonyl (C=O) groups excluding carboxylic acids is 1. The Morgan fingerprint density at radius 3 is 2.40 bits per heavy atom. The molecule has 3 rings (SSSR count). The highest BCUT2D eigenvalue weighted by molar-refractivity contribution is 5.90. The molecule has 3 aromatic rings. The number of hydrogen-bond donors (Lipinski definition) is 1. The summed E-state index contributed by atoms with van der Waals surface area (Å²) >= 11 is 0. The Morgan fingerprint density at radius 1 is 1.03 bits per heavy atom. The number of anilines is 1. The lowest BCUT2D eigenvalue weighted by atomic mass is 10.0. The first-order valence-electron chi connectivity index (χ1n) is 10.1. The van der Waals surface area contributed by atoms with Crippen molar-refractivity contribution in [3.05, 3.63) is 48.0 Å². The van der Waals surface area contributed by atoms with Crippen molar-refractivity contribution >= 4 is 11.6 Å². The third kappa shape index (κ3) is 5.34. The molecule has 0 aliphatic heterocycles. The number of aromatic nitrogens is 4. The molecule has 1 aromatic heterocycles. The first-order valence-corrected chi connectivity index (χ1v) is 10.1. The van der Waals surface area contributed by atoms with Crippen LogP contribution in [0.4, 0.5) is 5.69 Å². The van der Waals surface area contributed by atoms with E-state index in [1.165, 1.54) is 10.4 Å². The number of tetrazole rings is 1. The second-order valence-corrected chi connectivity index (χ2v) is 7.00. The minimum absolute atomic E-state index is 0.0474. The van der Waals surface area contributed by atoms with Crippen LogP contribution in [0.2, 0.25) is 0 Å². The van der Waals surface area contributed by atoms with E-state index in [9.17, 15) is 4.79 Å². The highest BCUT2D eigenvalue weighted by Gasteiger charge is 2.12. The van der Waals surface area contributed by atoms with Crippen LogP contribution in [-0.4, -0.2) is 39.3 Å². The molecule has 1 amide bonds. The number of rotatable bonds is 9. The summed E-state index contributed by atoms with van der Waals surface area (Å²) in [5.74, 6) is 1.90. The van der Waals surface area contributed by atoms with Crippen LogP contribution in [-0.2, 0) is 11.3 Å². The molecular weight excluding hydrogens is 382 g/mol. The maximum Gasteiger partial charge on any atom is 0.248 e. The van der Waals surface area contributed by atoms with Crippen LogP contribution < -0.4 is 14.8 Å². The second kappa shape index (κ2) is 9.87. The van der Waals surface area contributed by atoms with E-state index < -0.39 is 0 Å². The number of carbonyl (C=O) groups is 1. The Labute approximate surface area is 176 Å². The zero-order valence-electron chi connectivity index (χ0n) is 17.8. The molecule has 2 aromatic carbocycles. The summed E-state index contributed by atoms with van der Waals surface area (Å²) < 4.78 is 11.1. The zero-order chi connectivity index (χ0) is 21.5. The smallest absolute Gasteiger partial charge is 0.248 e. The quantitative estimate of drug-likeness (QED) is 0.576. The topological polar surface area (TPSA) is 91.2 Å². The molecule has 8 heteroatoms. The van der Waals surface area contributed by atoms with Gasteiger partial charge >= 0.3 is 0 Å². The lowest BCUT2D eigenvalue weighted by molar-refractivity contribution is -0.117. The first kappa shape index (κ1) is 21.3. The number of nitrogens with one attached hydrogen (secondary N) is 1. The molecule has 1 N–H and O–H groups in total. The van der Waals surface area contributed by atoms with Crippen molar-refractivity contribution < 1.29 is 14.3 Å². The van der Waals surface area contributed by atoms with Crippen molar-refractivity contribution in [2.24, 2.45) is 0 Å². The van der Waals surface area contributed by atoms with Gasteiger partial charge in [-0.25, -0.2) is 0 Å². The minimum Gasteiger partial charge on any atom is -0.490 e. The molecule has 8 nitrogen and oxygen atoms in total. The molecule has 0 unspecified atom stereocenters. The largest absolute Gasteiger partial charge is 0.490 e. The normalized spacial score (nSPS) is 10.8. The summed E-state index contributed by atoms with van der Waals surface area (Å²) in [6.07, 6.45) is 0. The average molecular weight is 409 g/mol. The highest BCUT2D eigenvalue weighted by Crippen LogP contribution is 2.30. The molecule has 1 heterocycles. The SMILES string of the molecule is CCOc1ccc(NC(=O)Cn2nnc(-c3ccc(C(C)C)cc3)n2)cc1OCC. The third-order valence-electron chi connectivity index (χ3n) is 4.40. The summed E-state index contributed by atoms with van der Waals surface area (Å²) in [6.45, 7) is 9.07. The van der Waals surface area contributed by atoms with Crippen LogP contribution in [0.15, 0.2) is 42.5 Å². The lowest BCUT2D eigenvalue weighted by Crippen LogP contribution is -2.20. The van der Waals surface area contributed by atoms with Crippen LogP contribution in [0.1, 0.15) is 39.2 Å². The van der Waals surface area contributed by atoms with Gasteiger partial charge in [-0.3, -0.25) is 4.79 Å². The minimum atomic E-state index is -0.263. The van der Waals surface area contributed by atoms with Crippen LogP contribution in [0.5, 0.6) is 11.5 Å². The van der Waals surface area contributed by atoms with Gasteiger partial charge in [0.15, 0.2) is 11.5 Å². The Balaban J connectivity index is 1.65. The molecule has 0 saturated heterocycles. The van der Waals surface area contributed by atoms with E-state index in [0.717, 1.165) is 5.56 Å². The van der Waals surface area contributed by atoms with Crippen LogP contribution >= 0.6 is 0 Å². The number of hydrogen-bond acceptors (Lipinski definition) is 6. The Bertz CT molecular complexity index is 983. The van der Waals surface area contributed by atoms with Crippen molar-refractivity contribution in [2.75, 3.05) is 18.5 Å². The molecule has 0 spiro atoms. The van der Waals surface area contributed by atoms with E-state index in [1.54, 1.807) is 18.2 Å². The van der Waals surface area contributed by atoms with Gasteiger partial charge in [-0.2, -0.15) is 4.80 Å². The first-order chi connectivity index (χ1) is 14.5. The van der Waals surface area contributed by atoms with E-state index in [0.29, 0.717) is 42.1 Å². The van der Waals surface area contributed by atoms with Crippen LogP contribution in [0, 0.1) is 0 Å². The fourth-order valence-corrected chi connectivity index (χ4v) is 2.90. The zero-order valence-corrected chi connectivity index (χ0v) is 17.8. The Hall–Kier alpha value is -3.42. The predicted molar refractivity (Wildman–Crippen MR) is 115 cm³/mol. The van der Waals surface area contributed by atoms with Gasteiger partial charge in [0.2, 0.25) is 11.7 Å². The Kier molecular flexibility index (Phi) is 7.00. The summed E-state index contributed by atoms with van der Waals surface area (Å²) in [5, 5.41) is 15.2.